The van der Waals surface area contributed by atoms with Crippen molar-refractivity contribution in [3.05, 3.63) is 70.7 Å². The van der Waals surface area contributed by atoms with Gasteiger partial charge in [-0.1, -0.05) is 32.0 Å². The normalized spacial score (nSPS) is 10.8. The molecule has 120 valence electrons. The Morgan fingerprint density at radius 2 is 1.83 bits per heavy atom. The van der Waals surface area contributed by atoms with Gasteiger partial charge < -0.3 is 0 Å². The summed E-state index contributed by atoms with van der Waals surface area (Å²) < 4.78 is 2.20. The summed E-state index contributed by atoms with van der Waals surface area (Å²) in [6.45, 7) is 13.9. The lowest BCUT2D eigenvalue weighted by molar-refractivity contribution is -0.659. The van der Waals surface area contributed by atoms with Gasteiger partial charge in [-0.3, -0.25) is 0 Å². The maximum absolute atomic E-state index is 7.24. The van der Waals surface area contributed by atoms with E-state index in [1.54, 1.807) is 0 Å². The highest BCUT2D eigenvalue weighted by molar-refractivity contribution is 5.95. The average Bonchev–Trinajstić information content (AvgIpc) is 2.62. The van der Waals surface area contributed by atoms with E-state index in [1.807, 2.05) is 12.1 Å². The second kappa shape index (κ2) is 6.45. The largest absolute Gasteiger partial charge is 0.238 e. The van der Waals surface area contributed by atoms with Crippen molar-refractivity contribution in [2.45, 2.75) is 33.6 Å². The van der Waals surface area contributed by atoms with E-state index in [2.05, 4.69) is 67.7 Å². The summed E-state index contributed by atoms with van der Waals surface area (Å²) in [6, 6.07) is 12.7. The topological polar surface area (TPSA) is 8.24 Å². The van der Waals surface area contributed by atoms with Gasteiger partial charge in [0.05, 0.1) is 17.5 Å². The zero-order valence-corrected chi connectivity index (χ0v) is 14.9. The van der Waals surface area contributed by atoms with Crippen molar-refractivity contribution in [3.63, 3.8) is 0 Å². The van der Waals surface area contributed by atoms with Crippen molar-refractivity contribution in [2.75, 3.05) is 0 Å². The fourth-order valence-corrected chi connectivity index (χ4v) is 3.42. The van der Waals surface area contributed by atoms with Crippen LogP contribution < -0.4 is 4.57 Å². The van der Waals surface area contributed by atoms with E-state index in [1.165, 1.54) is 33.3 Å². The highest BCUT2D eigenvalue weighted by Gasteiger charge is 2.19. The van der Waals surface area contributed by atoms with Crippen LogP contribution in [0.2, 0.25) is 0 Å². The molecule has 0 atom stereocenters. The number of hydrogen-bond donors (Lipinski definition) is 0. The van der Waals surface area contributed by atoms with Crippen LogP contribution in [0.25, 0.3) is 26.9 Å². The lowest BCUT2D eigenvalue weighted by Gasteiger charge is -2.13. The Bertz CT molecular complexity index is 962. The molecule has 2 aromatic carbocycles. The van der Waals surface area contributed by atoms with E-state index in [0.717, 1.165) is 18.2 Å². The Morgan fingerprint density at radius 1 is 1.04 bits per heavy atom. The zero-order valence-electron chi connectivity index (χ0n) is 14.9. The molecule has 0 spiro atoms. The van der Waals surface area contributed by atoms with Gasteiger partial charge in [0.25, 0.3) is 0 Å². The van der Waals surface area contributed by atoms with E-state index in [-0.39, 0.29) is 0 Å². The molecule has 0 fully saturated rings. The summed E-state index contributed by atoms with van der Waals surface area (Å²) in [7, 11) is 2.10. The molecule has 0 aliphatic heterocycles. The van der Waals surface area contributed by atoms with Gasteiger partial charge in [-0.2, -0.15) is 0 Å². The summed E-state index contributed by atoms with van der Waals surface area (Å²) in [6.07, 6.45) is 4.18. The summed E-state index contributed by atoms with van der Waals surface area (Å²) in [4.78, 5) is 3.56. The molecule has 0 N–H and O–H groups in total. The minimum Gasteiger partial charge on any atom is -0.238 e. The van der Waals surface area contributed by atoms with Crippen molar-refractivity contribution in [3.8, 4) is 11.3 Å². The predicted molar refractivity (Wildman–Crippen MR) is 100 cm³/mol. The summed E-state index contributed by atoms with van der Waals surface area (Å²) in [5, 5.41) is 2.32. The van der Waals surface area contributed by atoms with Crippen LogP contribution in [0.5, 0.6) is 0 Å². The van der Waals surface area contributed by atoms with Crippen molar-refractivity contribution < 1.29 is 4.57 Å². The Labute approximate surface area is 144 Å². The number of fused-ring (bicyclic) bond motifs is 1. The van der Waals surface area contributed by atoms with Crippen molar-refractivity contribution in [2.24, 2.45) is 7.05 Å². The molecule has 3 rings (SSSR count). The SMILES string of the molecule is [C-]#[N+]c1ccc2c(-c3cc(CC)cc(CC)c3C)[n+](C)ccc2c1. The molecule has 2 nitrogen and oxygen atoms in total. The maximum Gasteiger partial charge on any atom is 0.220 e. The number of nitrogens with zero attached hydrogens (tertiary/aromatic N) is 2. The molecule has 1 heterocycles. The van der Waals surface area contributed by atoms with Gasteiger partial charge in [-0.15, -0.1) is 0 Å². The third kappa shape index (κ3) is 2.67. The van der Waals surface area contributed by atoms with Crippen LogP contribution in [-0.4, -0.2) is 0 Å². The molecular formula is C22H23N2+. The van der Waals surface area contributed by atoms with Crippen molar-refractivity contribution in [1.82, 2.24) is 0 Å². The number of benzene rings is 2. The number of hydrogen-bond acceptors (Lipinski definition) is 0. The monoisotopic (exact) mass is 315 g/mol. The van der Waals surface area contributed by atoms with Crippen LogP contribution in [0.1, 0.15) is 30.5 Å². The van der Waals surface area contributed by atoms with Crippen molar-refractivity contribution in [1.29, 1.82) is 0 Å². The van der Waals surface area contributed by atoms with Crippen LogP contribution in [0.15, 0.2) is 42.6 Å². The van der Waals surface area contributed by atoms with Gasteiger partial charge >= 0.3 is 0 Å². The third-order valence-corrected chi connectivity index (χ3v) is 4.87. The molecular weight excluding hydrogens is 292 g/mol. The van der Waals surface area contributed by atoms with Crippen LogP contribution in [-0.2, 0) is 19.9 Å². The molecule has 0 amide bonds. The predicted octanol–water partition coefficient (Wildman–Crippen LogP) is 5.32. The first-order valence-corrected chi connectivity index (χ1v) is 8.51. The zero-order chi connectivity index (χ0) is 17.3. The third-order valence-electron chi connectivity index (χ3n) is 4.87. The number of pyridine rings is 1. The van der Waals surface area contributed by atoms with E-state index in [9.17, 15) is 0 Å². The molecule has 0 bridgehead atoms. The summed E-state index contributed by atoms with van der Waals surface area (Å²) in [5.41, 5.74) is 7.37. The van der Waals surface area contributed by atoms with Gasteiger partial charge in [0, 0.05) is 6.07 Å². The Hall–Kier alpha value is -2.66. The second-order valence-corrected chi connectivity index (χ2v) is 6.29. The number of aryl methyl sites for hydroxylation is 3. The van der Waals surface area contributed by atoms with Crippen LogP contribution in [0.3, 0.4) is 0 Å². The number of aromatic nitrogens is 1. The molecule has 0 saturated carbocycles. The molecule has 0 unspecified atom stereocenters. The summed E-state index contributed by atoms with van der Waals surface area (Å²) in [5.74, 6) is 0. The Kier molecular flexibility index (Phi) is 4.36. The van der Waals surface area contributed by atoms with Gasteiger partial charge in [0.2, 0.25) is 5.69 Å². The fraction of sp³-hybridized carbons (Fsp3) is 0.273. The molecule has 2 heteroatoms. The Balaban J connectivity index is 2.38. The highest BCUT2D eigenvalue weighted by Crippen LogP contribution is 2.32. The minimum absolute atomic E-state index is 0.690. The quantitative estimate of drug-likeness (QED) is 0.457. The van der Waals surface area contributed by atoms with Gasteiger partial charge in [-0.05, 0) is 54.0 Å². The standard InChI is InChI=1S/C22H23N2/c1-6-16-12-17(7-2)15(3)21(13-16)22-20-9-8-19(23-4)14-18(20)10-11-24(22)5/h8-14H,6-7H2,1-3,5H3/q+1. The average molecular weight is 315 g/mol. The first-order chi connectivity index (χ1) is 11.6. The maximum atomic E-state index is 7.24. The molecule has 3 aromatic rings. The molecule has 0 saturated heterocycles. The lowest BCUT2D eigenvalue weighted by Crippen LogP contribution is -2.30. The van der Waals surface area contributed by atoms with Crippen LogP contribution >= 0.6 is 0 Å². The van der Waals surface area contributed by atoms with E-state index in [0.29, 0.717) is 5.69 Å². The smallest absolute Gasteiger partial charge is 0.220 e. The van der Waals surface area contributed by atoms with Crippen molar-refractivity contribution >= 4 is 16.5 Å². The molecule has 0 aliphatic rings. The van der Waals surface area contributed by atoms with Crippen LogP contribution in [0, 0.1) is 13.5 Å². The van der Waals surface area contributed by atoms with Gasteiger partial charge in [-0.25, -0.2) is 9.41 Å². The van der Waals surface area contributed by atoms with Crippen LogP contribution in [0.4, 0.5) is 5.69 Å². The van der Waals surface area contributed by atoms with E-state index < -0.39 is 0 Å². The lowest BCUT2D eigenvalue weighted by atomic mass is 9.92. The highest BCUT2D eigenvalue weighted by atomic mass is 14.9. The fourth-order valence-electron chi connectivity index (χ4n) is 3.42. The van der Waals surface area contributed by atoms with Gasteiger partial charge in [0.1, 0.15) is 7.05 Å². The molecule has 24 heavy (non-hydrogen) atoms. The second-order valence-electron chi connectivity index (χ2n) is 6.29. The first-order valence-electron chi connectivity index (χ1n) is 8.51. The first kappa shape index (κ1) is 16.2. The molecule has 1 aromatic heterocycles. The Morgan fingerprint density at radius 3 is 2.50 bits per heavy atom. The van der Waals surface area contributed by atoms with Gasteiger partial charge in [0.15, 0.2) is 11.9 Å². The van der Waals surface area contributed by atoms with E-state index >= 15 is 0 Å². The summed E-state index contributed by atoms with van der Waals surface area (Å²) >= 11 is 0. The van der Waals surface area contributed by atoms with E-state index in [4.69, 9.17) is 6.57 Å². The minimum atomic E-state index is 0.690. The molecule has 0 radical (unpaired) electrons. The number of rotatable bonds is 3. The molecule has 0 aliphatic carbocycles.